The summed E-state index contributed by atoms with van der Waals surface area (Å²) in [6.07, 6.45) is 3.79. The first kappa shape index (κ1) is 17.9. The summed E-state index contributed by atoms with van der Waals surface area (Å²) in [6.45, 7) is 4.93. The van der Waals surface area contributed by atoms with Crippen molar-refractivity contribution in [3.8, 4) is 0 Å². The van der Waals surface area contributed by atoms with Crippen molar-refractivity contribution in [2.45, 2.75) is 52.5 Å². The smallest absolute Gasteiger partial charge is 0.236 e. The van der Waals surface area contributed by atoms with Gasteiger partial charge >= 0.3 is 0 Å². The van der Waals surface area contributed by atoms with Gasteiger partial charge < -0.3 is 9.30 Å². The third-order valence-electron chi connectivity index (χ3n) is 5.74. The van der Waals surface area contributed by atoms with Crippen LogP contribution in [0.3, 0.4) is 0 Å². The lowest BCUT2D eigenvalue weighted by molar-refractivity contribution is -0.140. The number of ether oxygens (including phenoxy) is 1. The van der Waals surface area contributed by atoms with E-state index < -0.39 is 5.41 Å². The first-order chi connectivity index (χ1) is 11.9. The SMILES string of the molecule is COCCn1c(C)cc(C(=O)CN2C(=O)CC3(CCCC3)C2=O)c1C. The molecule has 136 valence electrons. The van der Waals surface area contributed by atoms with E-state index in [-0.39, 0.29) is 30.6 Å². The van der Waals surface area contributed by atoms with Crippen LogP contribution in [0.1, 0.15) is 53.8 Å². The number of likely N-dealkylation sites (tertiary alicyclic amines) is 1. The summed E-state index contributed by atoms with van der Waals surface area (Å²) in [4.78, 5) is 39.0. The summed E-state index contributed by atoms with van der Waals surface area (Å²) >= 11 is 0. The minimum Gasteiger partial charge on any atom is -0.383 e. The first-order valence-corrected chi connectivity index (χ1v) is 8.93. The van der Waals surface area contributed by atoms with Gasteiger partial charge in [0.2, 0.25) is 11.8 Å². The van der Waals surface area contributed by atoms with Crippen LogP contribution in [0.5, 0.6) is 0 Å². The average molecular weight is 346 g/mol. The Balaban J connectivity index is 1.76. The van der Waals surface area contributed by atoms with Gasteiger partial charge in [-0.25, -0.2) is 0 Å². The van der Waals surface area contributed by atoms with Crippen LogP contribution < -0.4 is 0 Å². The normalized spacial score (nSPS) is 19.4. The predicted molar refractivity (Wildman–Crippen MR) is 92.4 cm³/mol. The van der Waals surface area contributed by atoms with Crippen molar-refractivity contribution in [1.82, 2.24) is 9.47 Å². The summed E-state index contributed by atoms with van der Waals surface area (Å²) < 4.78 is 7.14. The number of hydrogen-bond acceptors (Lipinski definition) is 4. The highest BCUT2D eigenvalue weighted by Crippen LogP contribution is 2.46. The zero-order valence-corrected chi connectivity index (χ0v) is 15.3. The average Bonchev–Trinajstić information content (AvgIpc) is 3.21. The number of amides is 2. The third-order valence-corrected chi connectivity index (χ3v) is 5.74. The Morgan fingerprint density at radius 1 is 1.24 bits per heavy atom. The van der Waals surface area contributed by atoms with Crippen LogP contribution in [-0.4, -0.2) is 47.3 Å². The number of aromatic nitrogens is 1. The summed E-state index contributed by atoms with van der Waals surface area (Å²) in [7, 11) is 1.64. The number of rotatable bonds is 6. The first-order valence-electron chi connectivity index (χ1n) is 8.93. The Bertz CT molecular complexity index is 713. The lowest BCUT2D eigenvalue weighted by Gasteiger charge is -2.20. The number of carbonyl (C=O) groups excluding carboxylic acids is 3. The lowest BCUT2D eigenvalue weighted by Crippen LogP contribution is -2.38. The molecule has 3 rings (SSSR count). The fraction of sp³-hybridized carbons (Fsp3) is 0.632. The van der Waals surface area contributed by atoms with Gasteiger partial charge in [-0.1, -0.05) is 12.8 Å². The maximum absolute atomic E-state index is 12.8. The number of hydrogen-bond donors (Lipinski definition) is 0. The molecule has 2 heterocycles. The van der Waals surface area contributed by atoms with E-state index >= 15 is 0 Å². The van der Waals surface area contributed by atoms with Crippen LogP contribution in [0.4, 0.5) is 0 Å². The highest BCUT2D eigenvalue weighted by molar-refractivity contribution is 6.10. The highest BCUT2D eigenvalue weighted by atomic mass is 16.5. The molecule has 0 aromatic carbocycles. The maximum Gasteiger partial charge on any atom is 0.236 e. The van der Waals surface area contributed by atoms with Gasteiger partial charge in [0.15, 0.2) is 5.78 Å². The topological polar surface area (TPSA) is 68.6 Å². The molecule has 0 unspecified atom stereocenters. The van der Waals surface area contributed by atoms with Crippen LogP contribution in [0.25, 0.3) is 0 Å². The van der Waals surface area contributed by atoms with Gasteiger partial charge in [0.1, 0.15) is 0 Å². The molecule has 1 saturated carbocycles. The fourth-order valence-corrected chi connectivity index (χ4v) is 4.30. The molecule has 25 heavy (non-hydrogen) atoms. The molecule has 0 atom stereocenters. The van der Waals surface area contributed by atoms with E-state index in [4.69, 9.17) is 4.74 Å². The number of ketones is 1. The number of nitrogens with zero attached hydrogens (tertiary/aromatic N) is 2. The molecule has 1 aromatic heterocycles. The van der Waals surface area contributed by atoms with E-state index in [2.05, 4.69) is 0 Å². The quantitative estimate of drug-likeness (QED) is 0.585. The van der Waals surface area contributed by atoms with Crippen molar-refractivity contribution >= 4 is 17.6 Å². The van der Waals surface area contributed by atoms with Crippen molar-refractivity contribution in [3.05, 3.63) is 23.0 Å². The van der Waals surface area contributed by atoms with Gasteiger partial charge in [-0.2, -0.15) is 0 Å². The molecule has 0 bridgehead atoms. The molecule has 1 aliphatic heterocycles. The van der Waals surface area contributed by atoms with Gasteiger partial charge in [0.25, 0.3) is 0 Å². The second kappa shape index (κ2) is 6.75. The van der Waals surface area contributed by atoms with Gasteiger partial charge in [0, 0.05) is 37.0 Å². The molecule has 2 amide bonds. The zero-order valence-electron chi connectivity index (χ0n) is 15.3. The molecule has 6 heteroatoms. The Hall–Kier alpha value is -1.95. The summed E-state index contributed by atoms with van der Waals surface area (Å²) in [5.41, 5.74) is 1.90. The zero-order chi connectivity index (χ0) is 18.2. The number of imide groups is 1. The van der Waals surface area contributed by atoms with Crippen LogP contribution in [0.15, 0.2) is 6.07 Å². The van der Waals surface area contributed by atoms with Crippen LogP contribution in [-0.2, 0) is 20.9 Å². The molecular formula is C19H26N2O4. The molecule has 0 N–H and O–H groups in total. The van der Waals surface area contributed by atoms with Crippen molar-refractivity contribution < 1.29 is 19.1 Å². The van der Waals surface area contributed by atoms with Crippen LogP contribution >= 0.6 is 0 Å². The Morgan fingerprint density at radius 2 is 1.92 bits per heavy atom. The van der Waals surface area contributed by atoms with E-state index in [1.165, 1.54) is 4.90 Å². The molecule has 1 spiro atoms. The Morgan fingerprint density at radius 3 is 2.56 bits per heavy atom. The van der Waals surface area contributed by atoms with Crippen LogP contribution in [0, 0.1) is 19.3 Å². The van der Waals surface area contributed by atoms with E-state index in [9.17, 15) is 14.4 Å². The van der Waals surface area contributed by atoms with Gasteiger partial charge in [-0.15, -0.1) is 0 Å². The minimum atomic E-state index is -0.521. The van der Waals surface area contributed by atoms with Crippen molar-refractivity contribution in [3.63, 3.8) is 0 Å². The van der Waals surface area contributed by atoms with Gasteiger partial charge in [-0.05, 0) is 32.8 Å². The Kier molecular flexibility index (Phi) is 4.82. The second-order valence-electron chi connectivity index (χ2n) is 7.30. The third kappa shape index (κ3) is 3.03. The largest absolute Gasteiger partial charge is 0.383 e. The summed E-state index contributed by atoms with van der Waals surface area (Å²) in [5.74, 6) is -0.515. The van der Waals surface area contributed by atoms with E-state index in [0.29, 0.717) is 18.7 Å². The highest BCUT2D eigenvalue weighted by Gasteiger charge is 2.52. The number of aryl methyl sites for hydroxylation is 1. The van der Waals surface area contributed by atoms with Crippen LogP contribution in [0.2, 0.25) is 0 Å². The Labute approximate surface area is 148 Å². The summed E-state index contributed by atoms with van der Waals surface area (Å²) in [6, 6.07) is 1.84. The van der Waals surface area contributed by atoms with E-state index in [1.54, 1.807) is 7.11 Å². The van der Waals surface area contributed by atoms with Crippen molar-refractivity contribution in [2.24, 2.45) is 5.41 Å². The number of Topliss-reactive ketones (excluding diaryl/α,β-unsaturated/α-hetero) is 1. The molecular weight excluding hydrogens is 320 g/mol. The minimum absolute atomic E-state index is 0.142. The maximum atomic E-state index is 12.8. The van der Waals surface area contributed by atoms with E-state index in [0.717, 1.165) is 37.1 Å². The molecule has 0 radical (unpaired) electrons. The number of carbonyl (C=O) groups is 3. The molecule has 2 fully saturated rings. The standard InChI is InChI=1S/C19H26N2O4/c1-13-10-15(14(2)20(13)8-9-25-3)16(22)12-21-17(23)11-19(18(21)24)6-4-5-7-19/h10H,4-9,11-12H2,1-3H3. The fourth-order valence-electron chi connectivity index (χ4n) is 4.30. The molecule has 6 nitrogen and oxygen atoms in total. The van der Waals surface area contributed by atoms with E-state index in [1.807, 2.05) is 24.5 Å². The monoisotopic (exact) mass is 346 g/mol. The van der Waals surface area contributed by atoms with Gasteiger partial charge in [0.05, 0.1) is 18.6 Å². The van der Waals surface area contributed by atoms with Crippen molar-refractivity contribution in [1.29, 1.82) is 0 Å². The molecule has 1 saturated heterocycles. The number of methoxy groups -OCH3 is 1. The van der Waals surface area contributed by atoms with Gasteiger partial charge in [-0.3, -0.25) is 19.3 Å². The second-order valence-corrected chi connectivity index (χ2v) is 7.30. The molecule has 1 aromatic rings. The lowest BCUT2D eigenvalue weighted by atomic mass is 9.84. The molecule has 2 aliphatic rings. The molecule has 1 aliphatic carbocycles. The van der Waals surface area contributed by atoms with Crippen molar-refractivity contribution in [2.75, 3.05) is 20.3 Å². The predicted octanol–water partition coefficient (Wildman–Crippen LogP) is 2.25. The summed E-state index contributed by atoms with van der Waals surface area (Å²) in [5, 5.41) is 0.